The molecule has 3 heterocycles. The van der Waals surface area contributed by atoms with Crippen LogP contribution in [0.4, 0.5) is 5.82 Å². The van der Waals surface area contributed by atoms with Gasteiger partial charge in [-0.1, -0.05) is 11.3 Å². The van der Waals surface area contributed by atoms with Gasteiger partial charge in [0.15, 0.2) is 5.69 Å². The van der Waals surface area contributed by atoms with Crippen LogP contribution in [0.1, 0.15) is 21.1 Å². The standard InChI is InChI=1S/C13H15N9O2S/c1-21(2)7-9-10(13(23)17-15-6-8-4-3-5-25-8)16-20-22(9)12-11(14)18-24-19-12/h3-6H,7H2,1-2H3,(H2,14,18)(H,17,23)/p+1/b15-6-. The third kappa shape index (κ3) is 3.70. The summed E-state index contributed by atoms with van der Waals surface area (Å²) >= 11 is 1.51. The number of carbonyl (C=O) groups excluding carboxylic acids is 1. The number of aromatic nitrogens is 5. The maximum Gasteiger partial charge on any atom is 0.294 e. The van der Waals surface area contributed by atoms with Crippen LogP contribution >= 0.6 is 11.3 Å². The van der Waals surface area contributed by atoms with Crippen LogP contribution < -0.4 is 16.1 Å². The van der Waals surface area contributed by atoms with Crippen molar-refractivity contribution in [1.29, 1.82) is 0 Å². The van der Waals surface area contributed by atoms with E-state index in [4.69, 9.17) is 5.73 Å². The molecule has 3 aromatic rings. The number of nitrogens with two attached hydrogens (primary N) is 1. The molecule has 12 heteroatoms. The zero-order valence-electron chi connectivity index (χ0n) is 13.5. The average molecular weight is 362 g/mol. The van der Waals surface area contributed by atoms with Crippen molar-refractivity contribution >= 4 is 29.3 Å². The number of hydrogen-bond donors (Lipinski definition) is 3. The van der Waals surface area contributed by atoms with Crippen LogP contribution in [0, 0.1) is 0 Å². The normalized spacial score (nSPS) is 11.5. The van der Waals surface area contributed by atoms with Crippen molar-refractivity contribution in [1.82, 2.24) is 30.7 Å². The van der Waals surface area contributed by atoms with Crippen LogP contribution in [-0.4, -0.2) is 51.5 Å². The Balaban J connectivity index is 1.86. The highest BCUT2D eigenvalue weighted by molar-refractivity contribution is 7.11. The fourth-order valence-corrected chi connectivity index (χ4v) is 2.64. The zero-order chi connectivity index (χ0) is 17.8. The van der Waals surface area contributed by atoms with Crippen LogP contribution in [0.5, 0.6) is 0 Å². The molecule has 3 rings (SSSR count). The van der Waals surface area contributed by atoms with E-state index in [1.807, 2.05) is 31.6 Å². The fourth-order valence-electron chi connectivity index (χ4n) is 2.05. The molecule has 1 amide bonds. The Bertz CT molecular complexity index is 881. The third-order valence-electron chi connectivity index (χ3n) is 3.10. The predicted molar refractivity (Wildman–Crippen MR) is 89.5 cm³/mol. The van der Waals surface area contributed by atoms with Crippen molar-refractivity contribution in [2.75, 3.05) is 19.8 Å². The molecule has 0 aliphatic rings. The topological polar surface area (TPSA) is 142 Å². The predicted octanol–water partition coefficient (Wildman–Crippen LogP) is -1.30. The number of quaternary nitrogens is 1. The van der Waals surface area contributed by atoms with E-state index in [9.17, 15) is 4.79 Å². The molecule has 0 aliphatic heterocycles. The van der Waals surface area contributed by atoms with Gasteiger partial charge in [-0.2, -0.15) is 9.78 Å². The van der Waals surface area contributed by atoms with Gasteiger partial charge < -0.3 is 10.6 Å². The largest absolute Gasteiger partial charge is 0.378 e. The lowest BCUT2D eigenvalue weighted by Crippen LogP contribution is -3.04. The van der Waals surface area contributed by atoms with E-state index in [0.29, 0.717) is 12.2 Å². The maximum atomic E-state index is 12.4. The van der Waals surface area contributed by atoms with E-state index in [0.717, 1.165) is 9.78 Å². The minimum Gasteiger partial charge on any atom is -0.378 e. The molecule has 0 atom stereocenters. The average Bonchev–Trinajstić information content (AvgIpc) is 3.28. The van der Waals surface area contributed by atoms with Gasteiger partial charge in [-0.25, -0.2) is 10.1 Å². The first-order valence-corrected chi connectivity index (χ1v) is 8.13. The molecule has 0 saturated carbocycles. The molecule has 0 bridgehead atoms. The van der Waals surface area contributed by atoms with E-state index < -0.39 is 5.91 Å². The molecule has 0 saturated heterocycles. The molecule has 0 spiro atoms. The van der Waals surface area contributed by atoms with E-state index in [1.54, 1.807) is 6.21 Å². The van der Waals surface area contributed by atoms with Crippen molar-refractivity contribution in [3.63, 3.8) is 0 Å². The van der Waals surface area contributed by atoms with Crippen LogP contribution in [0.25, 0.3) is 5.82 Å². The smallest absolute Gasteiger partial charge is 0.294 e. The molecular formula is C13H16N9O2S+. The minimum atomic E-state index is -0.481. The van der Waals surface area contributed by atoms with Gasteiger partial charge in [0.05, 0.1) is 20.3 Å². The first kappa shape index (κ1) is 16.7. The highest BCUT2D eigenvalue weighted by Gasteiger charge is 2.25. The van der Waals surface area contributed by atoms with Crippen molar-refractivity contribution in [2.45, 2.75) is 6.54 Å². The monoisotopic (exact) mass is 362 g/mol. The highest BCUT2D eigenvalue weighted by Crippen LogP contribution is 2.15. The number of thiophene rings is 1. The Hall–Kier alpha value is -3.12. The Kier molecular flexibility index (Phi) is 4.81. The molecule has 0 fully saturated rings. The fraction of sp³-hybridized carbons (Fsp3) is 0.231. The Morgan fingerprint density at radius 1 is 1.52 bits per heavy atom. The number of hydrazone groups is 1. The SMILES string of the molecule is C[NH+](C)Cc1c(C(=O)N/N=C\c2cccs2)nnn1-c1nonc1N. The molecule has 4 N–H and O–H groups in total. The molecule has 11 nitrogen and oxygen atoms in total. The lowest BCUT2D eigenvalue weighted by Gasteiger charge is -2.08. The number of nitrogens with zero attached hydrogens (tertiary/aromatic N) is 6. The van der Waals surface area contributed by atoms with Gasteiger partial charge in [0.25, 0.3) is 5.91 Å². The lowest BCUT2D eigenvalue weighted by molar-refractivity contribution is -0.873. The number of nitrogens with one attached hydrogen (secondary N) is 2. The van der Waals surface area contributed by atoms with Crippen molar-refractivity contribution in [3.05, 3.63) is 33.8 Å². The summed E-state index contributed by atoms with van der Waals surface area (Å²) in [5.41, 5.74) is 8.80. The second-order valence-corrected chi connectivity index (χ2v) is 6.35. The van der Waals surface area contributed by atoms with Crippen molar-refractivity contribution in [2.24, 2.45) is 5.10 Å². The maximum absolute atomic E-state index is 12.4. The van der Waals surface area contributed by atoms with Crippen LogP contribution in [-0.2, 0) is 6.54 Å². The zero-order valence-corrected chi connectivity index (χ0v) is 14.3. The van der Waals surface area contributed by atoms with Crippen LogP contribution in [0.2, 0.25) is 0 Å². The van der Waals surface area contributed by atoms with E-state index in [1.165, 1.54) is 16.0 Å². The summed E-state index contributed by atoms with van der Waals surface area (Å²) in [6.07, 6.45) is 1.56. The first-order chi connectivity index (χ1) is 12.1. The van der Waals surface area contributed by atoms with Crippen molar-refractivity contribution in [3.8, 4) is 5.82 Å². The quantitative estimate of drug-likeness (QED) is 0.365. The molecule has 0 unspecified atom stereocenters. The Labute approximate surface area is 146 Å². The summed E-state index contributed by atoms with van der Waals surface area (Å²) in [5.74, 6) is -0.238. The number of anilines is 1. The summed E-state index contributed by atoms with van der Waals surface area (Å²) in [6.45, 7) is 0.455. The second kappa shape index (κ2) is 7.19. The Morgan fingerprint density at radius 3 is 3.00 bits per heavy atom. The second-order valence-electron chi connectivity index (χ2n) is 5.37. The molecular weight excluding hydrogens is 346 g/mol. The van der Waals surface area contributed by atoms with Gasteiger partial charge in [-0.15, -0.1) is 16.4 Å². The summed E-state index contributed by atoms with van der Waals surface area (Å²) in [4.78, 5) is 14.4. The number of rotatable bonds is 6. The van der Waals surface area contributed by atoms with Crippen LogP contribution in [0.15, 0.2) is 27.2 Å². The molecule has 3 aromatic heterocycles. The summed E-state index contributed by atoms with van der Waals surface area (Å²) in [6, 6.07) is 3.78. The van der Waals surface area contributed by atoms with Crippen molar-refractivity contribution < 1.29 is 14.3 Å². The number of amides is 1. The van der Waals surface area contributed by atoms with Crippen LogP contribution in [0.3, 0.4) is 0 Å². The molecule has 0 aliphatic carbocycles. The first-order valence-electron chi connectivity index (χ1n) is 7.25. The molecule has 25 heavy (non-hydrogen) atoms. The summed E-state index contributed by atoms with van der Waals surface area (Å²) in [7, 11) is 3.86. The van der Waals surface area contributed by atoms with E-state index >= 15 is 0 Å². The van der Waals surface area contributed by atoms with Gasteiger partial charge in [0.1, 0.15) is 12.2 Å². The highest BCUT2D eigenvalue weighted by atomic mass is 32.1. The summed E-state index contributed by atoms with van der Waals surface area (Å²) < 4.78 is 5.94. The van der Waals surface area contributed by atoms with Gasteiger partial charge in [0, 0.05) is 4.88 Å². The van der Waals surface area contributed by atoms with Gasteiger partial charge in [0.2, 0.25) is 11.6 Å². The van der Waals surface area contributed by atoms with Gasteiger partial charge in [-0.3, -0.25) is 4.79 Å². The van der Waals surface area contributed by atoms with E-state index in [2.05, 4.69) is 35.8 Å². The molecule has 130 valence electrons. The Morgan fingerprint density at radius 2 is 2.36 bits per heavy atom. The lowest BCUT2D eigenvalue weighted by atomic mass is 10.3. The minimum absolute atomic E-state index is 0.0579. The number of carbonyl (C=O) groups is 1. The summed E-state index contributed by atoms with van der Waals surface area (Å²) in [5, 5.41) is 21.0. The molecule has 0 aromatic carbocycles. The van der Waals surface area contributed by atoms with E-state index in [-0.39, 0.29) is 17.3 Å². The number of nitrogen functional groups attached to an aromatic ring is 1. The molecule has 0 radical (unpaired) electrons. The third-order valence-corrected chi connectivity index (χ3v) is 3.90. The van der Waals surface area contributed by atoms with Gasteiger partial charge in [-0.05, 0) is 21.8 Å². The number of hydrogen-bond acceptors (Lipinski definition) is 9. The van der Waals surface area contributed by atoms with Gasteiger partial charge >= 0.3 is 0 Å².